The minimum atomic E-state index is -2.18. The van der Waals surface area contributed by atoms with Gasteiger partial charge in [0.2, 0.25) is 0 Å². The summed E-state index contributed by atoms with van der Waals surface area (Å²) >= 11 is 0. The van der Waals surface area contributed by atoms with Crippen molar-refractivity contribution in [3.63, 3.8) is 0 Å². The minimum absolute atomic E-state index is 0. The van der Waals surface area contributed by atoms with Crippen LogP contribution in [0.2, 0.25) is 0 Å². The van der Waals surface area contributed by atoms with Crippen molar-refractivity contribution >= 4 is 11.0 Å². The van der Waals surface area contributed by atoms with Gasteiger partial charge in [0.05, 0.1) is 16.6 Å². The fourth-order valence-electron chi connectivity index (χ4n) is 9.23. The van der Waals surface area contributed by atoms with Crippen LogP contribution in [0.3, 0.4) is 0 Å². The molecule has 0 spiro atoms. The number of imidazole rings is 1. The van der Waals surface area contributed by atoms with Crippen molar-refractivity contribution in [1.82, 2.24) is 14.5 Å². The topological polar surface area (TPSA) is 50.9 Å². The summed E-state index contributed by atoms with van der Waals surface area (Å²) in [5, 5.41) is 12.4. The Labute approximate surface area is 414 Å². The van der Waals surface area contributed by atoms with Crippen LogP contribution in [0.25, 0.3) is 61.6 Å². The number of aromatic hydroxyl groups is 1. The van der Waals surface area contributed by atoms with Gasteiger partial charge in [0.25, 0.3) is 0 Å². The van der Waals surface area contributed by atoms with Crippen molar-refractivity contribution in [1.29, 1.82) is 0 Å². The Bertz CT molecular complexity index is 3220. The molecule has 6 aromatic carbocycles. The number of phenols is 1. The van der Waals surface area contributed by atoms with Crippen molar-refractivity contribution in [3.05, 3.63) is 179 Å². The molecule has 0 aliphatic heterocycles. The van der Waals surface area contributed by atoms with Crippen LogP contribution in [-0.4, -0.2) is 19.6 Å². The van der Waals surface area contributed by atoms with E-state index < -0.39 is 18.6 Å². The molecular formula is C61H64N3OPt-. The van der Waals surface area contributed by atoms with E-state index in [9.17, 15) is 7.85 Å². The normalized spacial score (nSPS) is 19.3. The molecule has 1 aliphatic carbocycles. The number of hydrogen-bond donors (Lipinski definition) is 1. The van der Waals surface area contributed by atoms with E-state index >= 15 is 0 Å². The molecule has 0 bridgehead atoms. The van der Waals surface area contributed by atoms with Gasteiger partial charge in [0, 0.05) is 51.1 Å². The van der Waals surface area contributed by atoms with Gasteiger partial charge in [-0.1, -0.05) is 170 Å². The first kappa shape index (κ1) is 40.7. The van der Waals surface area contributed by atoms with Crippen LogP contribution in [0.15, 0.2) is 140 Å². The van der Waals surface area contributed by atoms with Crippen molar-refractivity contribution < 1.29 is 33.0 Å². The predicted molar refractivity (Wildman–Crippen MR) is 272 cm³/mol. The van der Waals surface area contributed by atoms with Crippen molar-refractivity contribution in [2.24, 2.45) is 0 Å². The molecule has 0 saturated heterocycles. The zero-order valence-electron chi connectivity index (χ0n) is 44.7. The van der Waals surface area contributed by atoms with Crippen LogP contribution in [0.1, 0.15) is 140 Å². The van der Waals surface area contributed by atoms with Crippen LogP contribution < -0.4 is 0 Å². The number of aromatic nitrogens is 3. The van der Waals surface area contributed by atoms with Crippen LogP contribution in [0, 0.1) is 12.9 Å². The second-order valence-corrected chi connectivity index (χ2v) is 20.9. The molecule has 66 heavy (non-hydrogen) atoms. The van der Waals surface area contributed by atoms with Gasteiger partial charge in [0.1, 0.15) is 11.6 Å². The summed E-state index contributed by atoms with van der Waals surface area (Å²) in [5.41, 5.74) is 12.6. The fraction of sp³-hybridized carbons (Fsp3) is 0.311. The summed E-state index contributed by atoms with van der Waals surface area (Å²) in [6, 6.07) is 47.9. The summed E-state index contributed by atoms with van der Waals surface area (Å²) < 4.78 is 44.8. The number of para-hydroxylation sites is 1. The third kappa shape index (κ3) is 9.50. The van der Waals surface area contributed by atoms with Crippen molar-refractivity contribution in [3.8, 4) is 56.3 Å². The quantitative estimate of drug-likeness (QED) is 0.162. The maximum absolute atomic E-state index is 12.4. The molecule has 1 fully saturated rings. The molecule has 1 aliphatic rings. The second-order valence-electron chi connectivity index (χ2n) is 20.9. The molecule has 5 heteroatoms. The average molecular weight is 1060 g/mol. The second kappa shape index (κ2) is 18.3. The van der Waals surface area contributed by atoms with E-state index in [1.54, 1.807) is 18.3 Å². The van der Waals surface area contributed by atoms with Gasteiger partial charge in [-0.05, 0) is 119 Å². The fourth-order valence-corrected chi connectivity index (χ4v) is 9.23. The van der Waals surface area contributed by atoms with Crippen LogP contribution in [0.4, 0.5) is 0 Å². The van der Waals surface area contributed by atoms with Gasteiger partial charge in [-0.3, -0.25) is 9.55 Å². The Morgan fingerprint density at radius 2 is 1.24 bits per heavy atom. The third-order valence-electron chi connectivity index (χ3n) is 13.2. The summed E-state index contributed by atoms with van der Waals surface area (Å²) in [7, 11) is 0. The molecule has 8 aromatic rings. The van der Waals surface area contributed by atoms with E-state index in [-0.39, 0.29) is 43.1 Å². The number of hydrogen-bond acceptors (Lipinski definition) is 3. The van der Waals surface area contributed by atoms with E-state index in [0.29, 0.717) is 42.6 Å². The van der Waals surface area contributed by atoms with E-state index in [4.69, 9.17) is 14.1 Å². The number of aryl methyl sites for hydroxylation is 1. The van der Waals surface area contributed by atoms with Gasteiger partial charge in [-0.15, -0.1) is 29.3 Å². The van der Waals surface area contributed by atoms with E-state index in [0.717, 1.165) is 78.0 Å². The Balaban J connectivity index is 0.00000676. The van der Waals surface area contributed by atoms with Gasteiger partial charge >= 0.3 is 0 Å². The number of rotatable bonds is 7. The molecular weight excluding hydrogens is 986 g/mol. The van der Waals surface area contributed by atoms with E-state index in [1.165, 1.54) is 0 Å². The molecule has 1 N–H and O–H groups in total. The number of nitrogens with zero attached hydrogens (tertiary/aromatic N) is 3. The Morgan fingerprint density at radius 3 is 1.86 bits per heavy atom. The smallest absolute Gasteiger partial charge is 0.148 e. The molecule has 1 saturated carbocycles. The molecule has 0 unspecified atom stereocenters. The van der Waals surface area contributed by atoms with Crippen LogP contribution in [-0.2, 0) is 37.3 Å². The Hall–Kier alpha value is -5.57. The summed E-state index contributed by atoms with van der Waals surface area (Å²) in [5.74, 6) is -0.722. The van der Waals surface area contributed by atoms with Gasteiger partial charge < -0.3 is 5.11 Å². The van der Waals surface area contributed by atoms with Gasteiger partial charge in [0.15, 0.2) is 0 Å². The van der Waals surface area contributed by atoms with Gasteiger partial charge in [-0.25, -0.2) is 4.98 Å². The van der Waals surface area contributed by atoms with Gasteiger partial charge in [-0.2, -0.15) is 0 Å². The third-order valence-corrected chi connectivity index (χ3v) is 13.2. The molecule has 2 aromatic heterocycles. The Kier molecular flexibility index (Phi) is 11.3. The Morgan fingerprint density at radius 1 is 0.621 bits per heavy atom. The van der Waals surface area contributed by atoms with Crippen molar-refractivity contribution in [2.75, 3.05) is 0 Å². The molecule has 4 nitrogen and oxygen atoms in total. The molecule has 0 radical (unpaired) electrons. The zero-order chi connectivity index (χ0) is 50.2. The molecule has 9 rings (SSSR count). The maximum atomic E-state index is 12.4. The largest absolute Gasteiger partial charge is 0.507 e. The SMILES string of the molecule is [2H]C([2H])([2H])c1ccc(-c2ccnc(-c3[c-]c(-c4cccc5c4nc(-c4cc(C(C)(C)C)cc(C(C)(C)C)c4O)n5-c4ccc(C5([2H])CCC([2H])(c6ccccc6)CC5)cc4)cc(C(C)(C)C)c3)c2)cc1.[Pt]. The first-order valence-electron chi connectivity index (χ1n) is 25.5. The van der Waals surface area contributed by atoms with E-state index in [1.807, 2.05) is 54.6 Å². The standard InChI is InChI=1S/C61H64N3O.Pt/c1-39-19-21-44(22-20-39)45-31-32-62-54(36-45)47-33-46(34-48(35-47)59(2,3)4)51-17-14-18-55-56(51)63-58(52-37-49(60(5,6)7)38-53(57(52)65)61(8,9)10)64(55)50-29-27-43(28-30-50)42-25-23-41(24-26-42)40-15-12-11-13-16-40;/h11-22,27-32,34-38,41-42,65H,23-26H2,1-10H3;/q-1;/i1D3,41D,42D;. The monoisotopic (exact) mass is 1050 g/mol. The average Bonchev–Trinajstić information content (AvgIpc) is 3.71. The number of phenolic OH excluding ortho intramolecular Hbond substituents is 1. The summed E-state index contributed by atoms with van der Waals surface area (Å²) in [4.78, 5) is 10.4. The minimum Gasteiger partial charge on any atom is -0.507 e. The summed E-state index contributed by atoms with van der Waals surface area (Å²) in [6.45, 7) is 17.4. The zero-order valence-corrected chi connectivity index (χ0v) is 42.0. The summed E-state index contributed by atoms with van der Waals surface area (Å²) in [6.07, 6.45) is 4.18. The van der Waals surface area contributed by atoms with Crippen LogP contribution >= 0.6 is 0 Å². The van der Waals surface area contributed by atoms with Crippen LogP contribution in [0.5, 0.6) is 5.75 Å². The predicted octanol–water partition coefficient (Wildman–Crippen LogP) is 16.2. The first-order valence-corrected chi connectivity index (χ1v) is 23.0. The van der Waals surface area contributed by atoms with Crippen molar-refractivity contribution in [2.45, 2.75) is 123 Å². The number of benzene rings is 6. The molecule has 0 atom stereocenters. The molecule has 0 amide bonds. The number of pyridine rings is 1. The number of fused-ring (bicyclic) bond motifs is 1. The first-order chi connectivity index (χ1) is 32.8. The molecule has 340 valence electrons. The maximum Gasteiger partial charge on any atom is 0.148 e. The molecule has 2 heterocycles. The van der Waals surface area contributed by atoms with E-state index in [2.05, 4.69) is 140 Å².